The third-order valence-electron chi connectivity index (χ3n) is 5.78. The number of amidine groups is 1. The lowest BCUT2D eigenvalue weighted by atomic mass is 9.97. The van der Waals surface area contributed by atoms with Gasteiger partial charge in [0.15, 0.2) is 0 Å². The average Bonchev–Trinajstić information content (AvgIpc) is 3.01. The van der Waals surface area contributed by atoms with Gasteiger partial charge < -0.3 is 5.11 Å². The molecule has 2 aliphatic rings. The number of carbonyl (C=O) groups is 2. The molecule has 1 N–H and O–H groups in total. The lowest BCUT2D eigenvalue weighted by Gasteiger charge is -2.11. The molecule has 0 aromatic heterocycles. The second kappa shape index (κ2) is 9.21. The van der Waals surface area contributed by atoms with Crippen LogP contribution in [0.4, 0.5) is 0 Å². The van der Waals surface area contributed by atoms with Crippen molar-refractivity contribution in [2.24, 2.45) is 4.99 Å². The molecule has 2 aromatic carbocycles. The fourth-order valence-electron chi connectivity index (χ4n) is 4.19. The van der Waals surface area contributed by atoms with E-state index in [2.05, 4.69) is 13.0 Å². The van der Waals surface area contributed by atoms with Gasteiger partial charge in [0.2, 0.25) is 17.2 Å². The maximum atomic E-state index is 12.8. The molecule has 0 saturated heterocycles. The summed E-state index contributed by atoms with van der Waals surface area (Å²) >= 11 is 0. The molecular formula is C26H27N2O3+. The van der Waals surface area contributed by atoms with E-state index in [1.807, 2.05) is 47.0 Å². The first-order chi connectivity index (χ1) is 15.1. The standard InChI is InChI=1S/C26H26N2O3/c1-2-3-13-24-27-22-11-7-8-12-23(29)25(22)28(24)17-18-14-15-20(21(16-18)26(30)31)19-9-5-4-6-10-19/h4-6,9-11,14-16H,2-3,7-8,12-13,17H2,1H3/p+1. The lowest BCUT2D eigenvalue weighted by molar-refractivity contribution is -0.424. The van der Waals surface area contributed by atoms with Crippen LogP contribution >= 0.6 is 0 Å². The number of unbranched alkanes of at least 4 members (excludes halogenated alkanes) is 1. The molecule has 0 radical (unpaired) electrons. The molecular weight excluding hydrogens is 388 g/mol. The number of rotatable bonds is 7. The Balaban J connectivity index is 1.74. The summed E-state index contributed by atoms with van der Waals surface area (Å²) in [5, 5.41) is 9.84. The third kappa shape index (κ3) is 4.41. The SMILES string of the molecule is CCCCC1=NC2=CCCCC(=O)C2=[N+]1Cc1ccc(-c2ccccc2)c(C(=O)O)c1. The van der Waals surface area contributed by atoms with Crippen molar-refractivity contribution in [3.05, 3.63) is 71.4 Å². The van der Waals surface area contributed by atoms with Crippen LogP contribution in [0.25, 0.3) is 11.1 Å². The van der Waals surface area contributed by atoms with Crippen molar-refractivity contribution >= 4 is 23.3 Å². The van der Waals surface area contributed by atoms with Crippen LogP contribution in [-0.2, 0) is 11.3 Å². The van der Waals surface area contributed by atoms with Gasteiger partial charge in [-0.1, -0.05) is 55.8 Å². The van der Waals surface area contributed by atoms with Gasteiger partial charge in [-0.25, -0.2) is 9.37 Å². The minimum Gasteiger partial charge on any atom is -0.478 e. The van der Waals surface area contributed by atoms with Crippen LogP contribution in [0.15, 0.2) is 65.3 Å². The molecule has 0 amide bonds. The van der Waals surface area contributed by atoms with Crippen molar-refractivity contribution in [1.29, 1.82) is 0 Å². The second-order valence-electron chi connectivity index (χ2n) is 8.02. The topological polar surface area (TPSA) is 69.7 Å². The number of nitrogens with zero attached hydrogens (tertiary/aromatic N) is 2. The van der Waals surface area contributed by atoms with Crippen LogP contribution in [0.5, 0.6) is 0 Å². The fourth-order valence-corrected chi connectivity index (χ4v) is 4.19. The van der Waals surface area contributed by atoms with Crippen LogP contribution in [0.3, 0.4) is 0 Å². The molecule has 0 spiro atoms. The fraction of sp³-hybridized carbons (Fsp3) is 0.308. The molecule has 0 fully saturated rings. The minimum absolute atomic E-state index is 0.123. The highest BCUT2D eigenvalue weighted by Crippen LogP contribution is 2.27. The summed E-state index contributed by atoms with van der Waals surface area (Å²) in [4.78, 5) is 29.6. The van der Waals surface area contributed by atoms with Gasteiger partial charge in [0.05, 0.1) is 12.0 Å². The Kier molecular flexibility index (Phi) is 6.21. The van der Waals surface area contributed by atoms with E-state index in [1.54, 1.807) is 6.07 Å². The van der Waals surface area contributed by atoms with E-state index in [0.717, 1.165) is 54.8 Å². The summed E-state index contributed by atoms with van der Waals surface area (Å²) in [5.74, 6) is 0.0708. The molecule has 1 aliphatic heterocycles. The smallest absolute Gasteiger partial charge is 0.336 e. The van der Waals surface area contributed by atoms with Crippen molar-refractivity contribution in [2.75, 3.05) is 0 Å². The van der Waals surface area contributed by atoms with E-state index >= 15 is 0 Å². The van der Waals surface area contributed by atoms with Gasteiger partial charge in [-0.15, -0.1) is 0 Å². The van der Waals surface area contributed by atoms with Crippen molar-refractivity contribution in [3.63, 3.8) is 0 Å². The zero-order valence-electron chi connectivity index (χ0n) is 17.8. The maximum absolute atomic E-state index is 12.8. The van der Waals surface area contributed by atoms with Crippen LogP contribution in [0.2, 0.25) is 0 Å². The second-order valence-corrected chi connectivity index (χ2v) is 8.02. The van der Waals surface area contributed by atoms with Gasteiger partial charge in [-0.05, 0) is 53.1 Å². The average molecular weight is 416 g/mol. The van der Waals surface area contributed by atoms with E-state index in [9.17, 15) is 14.7 Å². The Morgan fingerprint density at radius 3 is 2.71 bits per heavy atom. The number of allylic oxidation sites excluding steroid dienone is 2. The van der Waals surface area contributed by atoms with Crippen LogP contribution in [0.1, 0.15) is 61.4 Å². The van der Waals surface area contributed by atoms with Gasteiger partial charge in [0, 0.05) is 6.42 Å². The zero-order valence-corrected chi connectivity index (χ0v) is 17.8. The molecule has 0 atom stereocenters. The number of hydrogen-bond acceptors (Lipinski definition) is 3. The van der Waals surface area contributed by atoms with Gasteiger partial charge in [-0.3, -0.25) is 4.79 Å². The highest BCUT2D eigenvalue weighted by Gasteiger charge is 2.37. The highest BCUT2D eigenvalue weighted by molar-refractivity contribution is 6.45. The molecule has 5 nitrogen and oxygen atoms in total. The Labute approximate surface area is 182 Å². The molecule has 1 aliphatic carbocycles. The van der Waals surface area contributed by atoms with Crippen LogP contribution in [-0.4, -0.2) is 33.0 Å². The summed E-state index contributed by atoms with van der Waals surface area (Å²) in [7, 11) is 0. The molecule has 0 saturated carbocycles. The first-order valence-corrected chi connectivity index (χ1v) is 11.0. The number of hydrogen-bond donors (Lipinski definition) is 1. The number of carbonyl (C=O) groups excluding carboxylic acids is 1. The van der Waals surface area contributed by atoms with E-state index in [1.165, 1.54) is 0 Å². The Morgan fingerprint density at radius 2 is 1.97 bits per heavy atom. The largest absolute Gasteiger partial charge is 0.478 e. The number of aromatic carboxylic acids is 1. The number of carboxylic acid groups (broad SMARTS) is 1. The quantitative estimate of drug-likeness (QED) is 0.628. The molecule has 158 valence electrons. The number of aliphatic imine (C=N–C) groups is 1. The van der Waals surface area contributed by atoms with Crippen molar-refractivity contribution in [2.45, 2.75) is 52.0 Å². The van der Waals surface area contributed by atoms with Gasteiger partial charge in [0.25, 0.3) is 5.84 Å². The molecule has 31 heavy (non-hydrogen) atoms. The Morgan fingerprint density at radius 1 is 1.16 bits per heavy atom. The van der Waals surface area contributed by atoms with Gasteiger partial charge in [-0.2, -0.15) is 0 Å². The summed E-state index contributed by atoms with van der Waals surface area (Å²) in [6, 6.07) is 15.1. The van der Waals surface area contributed by atoms with Gasteiger partial charge >= 0.3 is 5.97 Å². The minimum atomic E-state index is -0.958. The number of carboxylic acids is 1. The molecule has 5 heteroatoms. The first-order valence-electron chi connectivity index (χ1n) is 11.0. The Bertz CT molecular complexity index is 1110. The summed E-state index contributed by atoms with van der Waals surface area (Å²) < 4.78 is 2.01. The van der Waals surface area contributed by atoms with Gasteiger partial charge in [0.1, 0.15) is 6.54 Å². The zero-order chi connectivity index (χ0) is 21.8. The van der Waals surface area contributed by atoms with E-state index < -0.39 is 5.97 Å². The Hall–Kier alpha value is -3.34. The summed E-state index contributed by atoms with van der Waals surface area (Å²) in [5.41, 5.74) is 4.14. The lowest BCUT2D eigenvalue weighted by Crippen LogP contribution is -2.28. The molecule has 1 heterocycles. The summed E-state index contributed by atoms with van der Waals surface area (Å²) in [6.45, 7) is 2.58. The van der Waals surface area contributed by atoms with E-state index in [4.69, 9.17) is 4.99 Å². The molecule has 2 aromatic rings. The first kappa shape index (κ1) is 20.9. The van der Waals surface area contributed by atoms with Crippen LogP contribution < -0.4 is 0 Å². The predicted octanol–water partition coefficient (Wildman–Crippen LogP) is 5.24. The van der Waals surface area contributed by atoms with E-state index in [0.29, 0.717) is 24.2 Å². The normalized spacial score (nSPS) is 16.0. The monoisotopic (exact) mass is 415 g/mol. The van der Waals surface area contributed by atoms with Crippen molar-refractivity contribution in [1.82, 2.24) is 0 Å². The third-order valence-corrected chi connectivity index (χ3v) is 5.78. The van der Waals surface area contributed by atoms with E-state index in [-0.39, 0.29) is 11.3 Å². The highest BCUT2D eigenvalue weighted by atomic mass is 16.4. The van der Waals surface area contributed by atoms with Crippen LogP contribution in [0, 0.1) is 0 Å². The van der Waals surface area contributed by atoms with Crippen molar-refractivity contribution in [3.8, 4) is 11.1 Å². The number of fused-ring (bicyclic) bond motifs is 1. The number of Topliss-reactive ketones (excluding diaryl/α,β-unsaturated/α-hetero) is 1. The number of benzene rings is 2. The predicted molar refractivity (Wildman–Crippen MR) is 122 cm³/mol. The summed E-state index contributed by atoms with van der Waals surface area (Å²) in [6.07, 6.45) is 7.13. The maximum Gasteiger partial charge on any atom is 0.336 e. The number of ketones is 1. The molecule has 0 unspecified atom stereocenters. The molecule has 4 rings (SSSR count). The molecule has 0 bridgehead atoms. The van der Waals surface area contributed by atoms with Crippen molar-refractivity contribution < 1.29 is 19.3 Å².